The van der Waals surface area contributed by atoms with E-state index in [0.29, 0.717) is 23.4 Å². The average molecular weight is 328 g/mol. The summed E-state index contributed by atoms with van der Waals surface area (Å²) in [5, 5.41) is 17.1. The molecule has 1 amide bonds. The van der Waals surface area contributed by atoms with Crippen LogP contribution in [0.5, 0.6) is 0 Å². The Labute approximate surface area is 137 Å². The van der Waals surface area contributed by atoms with Gasteiger partial charge in [-0.3, -0.25) is 14.9 Å². The lowest BCUT2D eigenvalue weighted by Crippen LogP contribution is -2.43. The molecule has 2 N–H and O–H groups in total. The summed E-state index contributed by atoms with van der Waals surface area (Å²) in [4.78, 5) is 26.5. The van der Waals surface area contributed by atoms with E-state index >= 15 is 0 Å². The number of amides is 1. The van der Waals surface area contributed by atoms with Gasteiger partial charge >= 0.3 is 5.91 Å². The molecule has 2 saturated heterocycles. The lowest BCUT2D eigenvalue weighted by Gasteiger charge is -2.20. The number of nitrogens with zero attached hydrogens (tertiary/aromatic N) is 2. The third kappa shape index (κ3) is 2.65. The molecule has 2 fully saturated rings. The second kappa shape index (κ2) is 5.72. The highest BCUT2D eigenvalue weighted by Crippen LogP contribution is 2.28. The van der Waals surface area contributed by atoms with Gasteiger partial charge in [-0.05, 0) is 31.4 Å². The number of oxazole rings is 1. The van der Waals surface area contributed by atoms with Crippen molar-refractivity contribution in [2.75, 3.05) is 0 Å². The topological polar surface area (TPSA) is 110 Å². The molecule has 8 heteroatoms. The second-order valence-electron chi connectivity index (χ2n) is 6.20. The summed E-state index contributed by atoms with van der Waals surface area (Å²) in [5.74, 6) is 0.0785. The first-order valence-electron chi connectivity index (χ1n) is 7.88. The fourth-order valence-corrected chi connectivity index (χ4v) is 3.47. The van der Waals surface area contributed by atoms with E-state index in [1.165, 1.54) is 24.8 Å². The molecule has 3 atom stereocenters. The zero-order valence-electron chi connectivity index (χ0n) is 12.8. The van der Waals surface area contributed by atoms with Crippen LogP contribution in [-0.2, 0) is 0 Å². The molecule has 2 aliphatic heterocycles. The summed E-state index contributed by atoms with van der Waals surface area (Å²) in [6.45, 7) is 0. The third-order valence-electron chi connectivity index (χ3n) is 4.68. The molecular weight excluding hydrogens is 312 g/mol. The largest absolute Gasteiger partial charge is 0.432 e. The minimum Gasteiger partial charge on any atom is -0.432 e. The van der Waals surface area contributed by atoms with Gasteiger partial charge in [-0.25, -0.2) is 4.98 Å². The molecule has 0 radical (unpaired) electrons. The van der Waals surface area contributed by atoms with Gasteiger partial charge in [0, 0.05) is 35.8 Å². The molecule has 0 spiro atoms. The van der Waals surface area contributed by atoms with Gasteiger partial charge in [-0.2, -0.15) is 0 Å². The Morgan fingerprint density at radius 1 is 1.33 bits per heavy atom. The van der Waals surface area contributed by atoms with Crippen molar-refractivity contribution in [2.24, 2.45) is 0 Å². The van der Waals surface area contributed by atoms with Crippen LogP contribution in [0.15, 0.2) is 34.9 Å². The fourth-order valence-electron chi connectivity index (χ4n) is 3.47. The van der Waals surface area contributed by atoms with Gasteiger partial charge in [0.25, 0.3) is 11.6 Å². The summed E-state index contributed by atoms with van der Waals surface area (Å²) in [6, 6.07) is 6.87. The summed E-state index contributed by atoms with van der Waals surface area (Å²) in [7, 11) is 0. The Bertz CT molecular complexity index is 786. The maximum Gasteiger partial charge on any atom is 0.307 e. The molecule has 2 aliphatic rings. The van der Waals surface area contributed by atoms with Gasteiger partial charge < -0.3 is 15.1 Å². The molecule has 24 heavy (non-hydrogen) atoms. The Balaban J connectivity index is 1.46. The predicted molar refractivity (Wildman–Crippen MR) is 84.4 cm³/mol. The van der Waals surface area contributed by atoms with Crippen molar-refractivity contribution in [3.8, 4) is 11.3 Å². The van der Waals surface area contributed by atoms with E-state index < -0.39 is 4.92 Å². The number of non-ortho nitro benzene ring substituents is 1. The summed E-state index contributed by atoms with van der Waals surface area (Å²) in [6.07, 6.45) is 4.64. The normalized spacial score (nSPS) is 24.9. The number of hydrogen-bond donors (Lipinski definition) is 2. The quantitative estimate of drug-likeness (QED) is 0.655. The molecule has 0 saturated carbocycles. The monoisotopic (exact) mass is 328 g/mol. The molecular formula is C16H16N4O4. The van der Waals surface area contributed by atoms with Crippen molar-refractivity contribution in [3.05, 3.63) is 46.5 Å². The van der Waals surface area contributed by atoms with Crippen LogP contribution in [0.25, 0.3) is 11.3 Å². The van der Waals surface area contributed by atoms with Crippen LogP contribution in [0.4, 0.5) is 5.69 Å². The fraction of sp³-hybridized carbons (Fsp3) is 0.375. The highest BCUT2D eigenvalue weighted by molar-refractivity contribution is 5.90. The van der Waals surface area contributed by atoms with Crippen LogP contribution in [0.2, 0.25) is 0 Å². The first-order valence-corrected chi connectivity index (χ1v) is 7.88. The van der Waals surface area contributed by atoms with E-state index in [1.54, 1.807) is 12.1 Å². The number of nitro groups is 1. The van der Waals surface area contributed by atoms with E-state index in [9.17, 15) is 14.9 Å². The molecule has 3 heterocycles. The van der Waals surface area contributed by atoms with E-state index in [2.05, 4.69) is 15.6 Å². The molecule has 4 rings (SSSR count). The summed E-state index contributed by atoms with van der Waals surface area (Å²) >= 11 is 0. The Kier molecular flexibility index (Phi) is 3.53. The van der Waals surface area contributed by atoms with Crippen LogP contribution in [0.3, 0.4) is 0 Å². The molecule has 0 unspecified atom stereocenters. The van der Waals surface area contributed by atoms with Gasteiger partial charge in [0.2, 0.25) is 0 Å². The van der Waals surface area contributed by atoms with Gasteiger partial charge in [-0.1, -0.05) is 0 Å². The number of hydrogen-bond acceptors (Lipinski definition) is 6. The van der Waals surface area contributed by atoms with Crippen molar-refractivity contribution in [1.29, 1.82) is 0 Å². The van der Waals surface area contributed by atoms with Crippen molar-refractivity contribution in [3.63, 3.8) is 0 Å². The Hall–Kier alpha value is -2.74. The number of carbonyl (C=O) groups excluding carboxylic acids is 1. The first kappa shape index (κ1) is 14.8. The van der Waals surface area contributed by atoms with E-state index in [0.717, 1.165) is 12.8 Å². The molecule has 0 aliphatic carbocycles. The van der Waals surface area contributed by atoms with E-state index in [1.807, 2.05) is 0 Å². The standard InChI is InChI=1S/C16H16N4O4/c21-15(19-13-7-10-3-6-12(13)18-10)16-17-8-14(24-16)9-1-4-11(5-2-9)20(22)23/h1-2,4-5,8,10,12-13,18H,3,6-7H2,(H,19,21)/t10-,12+,13-/m1/s1. The van der Waals surface area contributed by atoms with Gasteiger partial charge in [0.1, 0.15) is 0 Å². The summed E-state index contributed by atoms with van der Waals surface area (Å²) < 4.78 is 5.51. The van der Waals surface area contributed by atoms with Crippen LogP contribution in [-0.4, -0.2) is 33.9 Å². The zero-order valence-corrected chi connectivity index (χ0v) is 12.8. The molecule has 1 aromatic carbocycles. The van der Waals surface area contributed by atoms with Crippen LogP contribution in [0.1, 0.15) is 29.9 Å². The van der Waals surface area contributed by atoms with Gasteiger partial charge in [0.05, 0.1) is 11.1 Å². The lowest BCUT2D eigenvalue weighted by atomic mass is 9.95. The van der Waals surface area contributed by atoms with Crippen LogP contribution >= 0.6 is 0 Å². The Morgan fingerprint density at radius 2 is 2.12 bits per heavy atom. The van der Waals surface area contributed by atoms with Crippen LogP contribution in [0, 0.1) is 10.1 Å². The van der Waals surface area contributed by atoms with E-state index in [4.69, 9.17) is 4.42 Å². The highest BCUT2D eigenvalue weighted by atomic mass is 16.6. The Morgan fingerprint density at radius 3 is 2.75 bits per heavy atom. The van der Waals surface area contributed by atoms with Crippen LogP contribution < -0.4 is 10.6 Å². The van der Waals surface area contributed by atoms with Gasteiger partial charge in [0.15, 0.2) is 5.76 Å². The number of aromatic nitrogens is 1. The van der Waals surface area contributed by atoms with Crippen molar-refractivity contribution >= 4 is 11.6 Å². The first-order chi connectivity index (χ1) is 11.6. The maximum absolute atomic E-state index is 12.3. The number of nitro benzene ring substituents is 1. The molecule has 1 aromatic heterocycles. The number of fused-ring (bicyclic) bond motifs is 2. The number of nitrogens with one attached hydrogen (secondary N) is 2. The molecule has 124 valence electrons. The van der Waals surface area contributed by atoms with Crippen molar-refractivity contribution in [2.45, 2.75) is 37.4 Å². The third-order valence-corrected chi connectivity index (χ3v) is 4.68. The SMILES string of the molecule is O=C(N[C@@H]1C[C@H]2CC[C@@H]1N2)c1ncc(-c2ccc([N+](=O)[O-])cc2)o1. The van der Waals surface area contributed by atoms with Crippen molar-refractivity contribution in [1.82, 2.24) is 15.6 Å². The average Bonchev–Trinajstić information content (AvgIpc) is 3.31. The van der Waals surface area contributed by atoms with Crippen molar-refractivity contribution < 1.29 is 14.1 Å². The molecule has 2 aromatic rings. The number of carbonyl (C=O) groups is 1. The summed E-state index contributed by atoms with van der Waals surface area (Å²) in [5.41, 5.74) is 0.633. The zero-order chi connectivity index (χ0) is 16.7. The second-order valence-corrected chi connectivity index (χ2v) is 6.20. The van der Waals surface area contributed by atoms with Gasteiger partial charge in [-0.15, -0.1) is 0 Å². The van der Waals surface area contributed by atoms with E-state index in [-0.39, 0.29) is 23.5 Å². The molecule has 2 bridgehead atoms. The minimum atomic E-state index is -0.466. The number of rotatable bonds is 4. The predicted octanol–water partition coefficient (Wildman–Crippen LogP) is 1.87. The minimum absolute atomic E-state index is 0.0000166. The molecule has 8 nitrogen and oxygen atoms in total. The number of benzene rings is 1. The highest BCUT2D eigenvalue weighted by Gasteiger charge is 2.40. The lowest BCUT2D eigenvalue weighted by molar-refractivity contribution is -0.384. The maximum atomic E-state index is 12.3. The smallest absolute Gasteiger partial charge is 0.307 e.